The van der Waals surface area contributed by atoms with Crippen molar-refractivity contribution in [2.24, 2.45) is 0 Å². The Bertz CT molecular complexity index is 980. The van der Waals surface area contributed by atoms with Crippen molar-refractivity contribution in [3.8, 4) is 11.5 Å². The highest BCUT2D eigenvalue weighted by molar-refractivity contribution is 5.95. The van der Waals surface area contributed by atoms with Crippen LogP contribution in [0.3, 0.4) is 0 Å². The van der Waals surface area contributed by atoms with E-state index in [0.717, 1.165) is 0 Å². The van der Waals surface area contributed by atoms with Crippen LogP contribution in [0.15, 0.2) is 29.5 Å². The minimum Gasteiger partial charge on any atom is -0.497 e. The van der Waals surface area contributed by atoms with E-state index in [-0.39, 0.29) is 24.7 Å². The third-order valence-electron chi connectivity index (χ3n) is 6.22. The molecule has 0 radical (unpaired) electrons. The van der Waals surface area contributed by atoms with Crippen LogP contribution in [0.5, 0.6) is 11.5 Å². The number of rotatable bonds is 8. The number of likely N-dealkylation sites (N-methyl/N-ethyl adjacent to an activating group) is 1. The Morgan fingerprint density at radius 2 is 1.69 bits per heavy atom. The molecule has 0 bridgehead atoms. The zero-order valence-corrected chi connectivity index (χ0v) is 21.9. The second kappa shape index (κ2) is 12.0. The average Bonchev–Trinajstić information content (AvgIpc) is 2.86. The second-order valence-corrected chi connectivity index (χ2v) is 9.04. The molecule has 3 rings (SSSR count). The molecule has 0 saturated carbocycles. The van der Waals surface area contributed by atoms with Crippen molar-refractivity contribution in [1.82, 2.24) is 25.3 Å². The number of hydrogen-bond acceptors (Lipinski definition) is 7. The number of nitrogens with zero attached hydrogens (tertiary/aromatic N) is 3. The van der Waals surface area contributed by atoms with Gasteiger partial charge in [-0.3, -0.25) is 9.80 Å². The van der Waals surface area contributed by atoms with Crippen molar-refractivity contribution < 1.29 is 28.6 Å². The molecule has 4 amide bonds. The highest BCUT2D eigenvalue weighted by Crippen LogP contribution is 2.35. The molecular weight excluding hydrogens is 466 g/mol. The summed E-state index contributed by atoms with van der Waals surface area (Å²) in [5.41, 5.74) is 1.56. The highest BCUT2D eigenvalue weighted by Gasteiger charge is 2.38. The Morgan fingerprint density at radius 1 is 1.08 bits per heavy atom. The van der Waals surface area contributed by atoms with Gasteiger partial charge in [-0.25, -0.2) is 14.4 Å². The molecule has 11 heteroatoms. The summed E-state index contributed by atoms with van der Waals surface area (Å²) >= 11 is 0. The first kappa shape index (κ1) is 27.1. The van der Waals surface area contributed by atoms with Crippen LogP contribution in [0.25, 0.3) is 0 Å². The Balaban J connectivity index is 1.93. The van der Waals surface area contributed by atoms with Crippen molar-refractivity contribution >= 4 is 18.0 Å². The van der Waals surface area contributed by atoms with Crippen molar-refractivity contribution in [3.05, 3.63) is 35.0 Å². The number of esters is 1. The molecule has 198 valence electrons. The van der Waals surface area contributed by atoms with Gasteiger partial charge in [-0.05, 0) is 38.5 Å². The molecule has 2 heterocycles. The molecule has 1 saturated heterocycles. The number of piperazine rings is 1. The normalized spacial score (nSPS) is 18.8. The van der Waals surface area contributed by atoms with Gasteiger partial charge in [-0.1, -0.05) is 0 Å². The standard InChI is InChI=1S/C25H37N5O6/c1-7-36-23(31)21-20(15-29-8-10-30(11-9-29)25(33)26-16(2)3)28(4)24(32)27-22(21)17-12-18(34-5)14-19(13-17)35-6/h12-14,16,22H,7-11,15H2,1-6H3,(H,26,33)(H,27,32)/t22-/m1/s1. The number of amides is 4. The molecule has 2 aliphatic rings. The summed E-state index contributed by atoms with van der Waals surface area (Å²) in [5.74, 6) is 0.581. The summed E-state index contributed by atoms with van der Waals surface area (Å²) in [7, 11) is 4.72. The fourth-order valence-corrected chi connectivity index (χ4v) is 4.30. The fourth-order valence-electron chi connectivity index (χ4n) is 4.30. The van der Waals surface area contributed by atoms with Gasteiger partial charge in [0.1, 0.15) is 11.5 Å². The van der Waals surface area contributed by atoms with E-state index in [9.17, 15) is 14.4 Å². The first-order valence-corrected chi connectivity index (χ1v) is 12.1. The summed E-state index contributed by atoms with van der Waals surface area (Å²) in [6, 6.07) is 4.16. The number of methoxy groups -OCH3 is 2. The monoisotopic (exact) mass is 503 g/mol. The third kappa shape index (κ3) is 6.20. The van der Waals surface area contributed by atoms with E-state index in [1.54, 1.807) is 51.3 Å². The summed E-state index contributed by atoms with van der Waals surface area (Å²) in [6.45, 7) is 8.47. The van der Waals surface area contributed by atoms with Crippen molar-refractivity contribution in [3.63, 3.8) is 0 Å². The Kier molecular flexibility index (Phi) is 9.03. The van der Waals surface area contributed by atoms with Gasteiger partial charge in [-0.2, -0.15) is 0 Å². The smallest absolute Gasteiger partial charge is 0.338 e. The fraction of sp³-hybridized carbons (Fsp3) is 0.560. The number of ether oxygens (including phenoxy) is 3. The number of nitrogens with one attached hydrogen (secondary N) is 2. The van der Waals surface area contributed by atoms with Crippen molar-refractivity contribution in [1.29, 1.82) is 0 Å². The van der Waals surface area contributed by atoms with Crippen LogP contribution < -0.4 is 20.1 Å². The summed E-state index contributed by atoms with van der Waals surface area (Å²) in [4.78, 5) is 44.0. The van der Waals surface area contributed by atoms with Gasteiger partial charge < -0.3 is 29.7 Å². The lowest BCUT2D eigenvalue weighted by Gasteiger charge is -2.39. The van der Waals surface area contributed by atoms with E-state index < -0.39 is 12.0 Å². The van der Waals surface area contributed by atoms with Gasteiger partial charge in [-0.15, -0.1) is 0 Å². The van der Waals surface area contributed by atoms with Crippen LogP contribution in [0, 0.1) is 0 Å². The first-order chi connectivity index (χ1) is 17.2. The van der Waals surface area contributed by atoms with Crippen LogP contribution in [0.2, 0.25) is 0 Å². The maximum absolute atomic E-state index is 13.2. The molecule has 1 atom stereocenters. The topological polar surface area (TPSA) is 113 Å². The molecule has 2 N–H and O–H groups in total. The molecule has 36 heavy (non-hydrogen) atoms. The van der Waals surface area contributed by atoms with Crippen LogP contribution in [-0.4, -0.2) is 99.4 Å². The number of urea groups is 2. The summed E-state index contributed by atoms with van der Waals surface area (Å²) in [6.07, 6.45) is 0. The van der Waals surface area contributed by atoms with Crippen LogP contribution in [0.1, 0.15) is 32.4 Å². The Morgan fingerprint density at radius 3 is 2.22 bits per heavy atom. The van der Waals surface area contributed by atoms with Crippen molar-refractivity contribution in [2.75, 3.05) is 60.6 Å². The first-order valence-electron chi connectivity index (χ1n) is 12.1. The lowest BCUT2D eigenvalue weighted by atomic mass is 9.93. The number of carbonyl (C=O) groups excluding carboxylic acids is 3. The molecular formula is C25H37N5O6. The van der Waals surface area contributed by atoms with Gasteiger partial charge in [0.2, 0.25) is 0 Å². The molecule has 0 aliphatic carbocycles. The molecule has 1 aromatic rings. The minimum atomic E-state index is -0.746. The van der Waals surface area contributed by atoms with Gasteiger partial charge >= 0.3 is 18.0 Å². The van der Waals surface area contributed by atoms with Gasteiger partial charge in [0.15, 0.2) is 0 Å². The molecule has 2 aliphatic heterocycles. The van der Waals surface area contributed by atoms with E-state index in [2.05, 4.69) is 15.5 Å². The molecule has 1 aromatic carbocycles. The molecule has 0 spiro atoms. The van der Waals surface area contributed by atoms with E-state index in [0.29, 0.717) is 61.1 Å². The SMILES string of the molecule is CCOC(=O)C1=C(CN2CCN(C(=O)NC(C)C)CC2)N(C)C(=O)N[C@@H]1c1cc(OC)cc(OC)c1. The summed E-state index contributed by atoms with van der Waals surface area (Å²) < 4.78 is 16.2. The Hall–Kier alpha value is -3.47. The summed E-state index contributed by atoms with van der Waals surface area (Å²) in [5, 5.41) is 5.84. The van der Waals surface area contributed by atoms with Crippen LogP contribution in [0.4, 0.5) is 9.59 Å². The Labute approximate surface area is 212 Å². The maximum atomic E-state index is 13.2. The van der Waals surface area contributed by atoms with E-state index in [1.165, 1.54) is 4.90 Å². The van der Waals surface area contributed by atoms with Crippen LogP contribution in [-0.2, 0) is 9.53 Å². The maximum Gasteiger partial charge on any atom is 0.338 e. The molecule has 11 nitrogen and oxygen atoms in total. The molecule has 1 fully saturated rings. The van der Waals surface area contributed by atoms with Crippen LogP contribution >= 0.6 is 0 Å². The molecule has 0 unspecified atom stereocenters. The second-order valence-electron chi connectivity index (χ2n) is 9.04. The van der Waals surface area contributed by atoms with Gasteiger partial charge in [0, 0.05) is 57.6 Å². The van der Waals surface area contributed by atoms with Gasteiger partial charge in [0.05, 0.1) is 32.4 Å². The minimum absolute atomic E-state index is 0.0643. The largest absolute Gasteiger partial charge is 0.497 e. The molecule has 0 aromatic heterocycles. The van der Waals surface area contributed by atoms with E-state index in [1.807, 2.05) is 13.8 Å². The predicted molar refractivity (Wildman–Crippen MR) is 134 cm³/mol. The highest BCUT2D eigenvalue weighted by atomic mass is 16.5. The van der Waals surface area contributed by atoms with E-state index >= 15 is 0 Å². The number of carbonyl (C=O) groups is 3. The lowest BCUT2D eigenvalue weighted by molar-refractivity contribution is -0.139. The average molecular weight is 504 g/mol. The quantitative estimate of drug-likeness (QED) is 0.522. The zero-order chi connectivity index (χ0) is 26.4. The number of benzene rings is 1. The number of hydrogen-bond donors (Lipinski definition) is 2. The zero-order valence-electron chi connectivity index (χ0n) is 21.9. The predicted octanol–water partition coefficient (Wildman–Crippen LogP) is 1.95. The van der Waals surface area contributed by atoms with Gasteiger partial charge in [0.25, 0.3) is 0 Å². The third-order valence-corrected chi connectivity index (χ3v) is 6.22. The lowest BCUT2D eigenvalue weighted by Crippen LogP contribution is -2.55. The van der Waals surface area contributed by atoms with Crippen molar-refractivity contribution in [2.45, 2.75) is 32.9 Å². The van der Waals surface area contributed by atoms with E-state index in [4.69, 9.17) is 14.2 Å².